The number of nitrogens with zero attached hydrogens (tertiary/aromatic N) is 2. The molecule has 0 aliphatic carbocycles. The number of sulfone groups is 1. The minimum absolute atomic E-state index is 0.119. The van der Waals surface area contributed by atoms with Gasteiger partial charge in [0.15, 0.2) is 0 Å². The molecule has 0 radical (unpaired) electrons. The molecule has 0 spiro atoms. The number of nitro benzene ring substituents is 1. The lowest BCUT2D eigenvalue weighted by Gasteiger charge is -2.15. The first-order chi connectivity index (χ1) is 17.3. The molecule has 210 valence electrons. The molecule has 0 saturated carbocycles. The van der Waals surface area contributed by atoms with Crippen molar-refractivity contribution in [1.29, 1.82) is 0 Å². The maximum atomic E-state index is 12.6. The van der Waals surface area contributed by atoms with Crippen molar-refractivity contribution in [3.05, 3.63) is 50.9 Å². The predicted octanol–water partition coefficient (Wildman–Crippen LogP) is 6.62. The molecule has 37 heavy (non-hydrogen) atoms. The van der Waals surface area contributed by atoms with Gasteiger partial charge in [0, 0.05) is 48.3 Å². The highest BCUT2D eigenvalue weighted by Gasteiger charge is 2.21. The number of benzene rings is 1. The molecule has 0 atom stereocenters. The summed E-state index contributed by atoms with van der Waals surface area (Å²) in [5, 5.41) is 16.6. The van der Waals surface area contributed by atoms with Gasteiger partial charge < -0.3 is 10.2 Å². The lowest BCUT2D eigenvalue weighted by atomic mass is 10.1. The van der Waals surface area contributed by atoms with Crippen LogP contribution in [0, 0.1) is 10.1 Å². The van der Waals surface area contributed by atoms with Gasteiger partial charge in [-0.25, -0.2) is 13.2 Å². The first kappa shape index (κ1) is 36.2. The van der Waals surface area contributed by atoms with Crippen molar-refractivity contribution in [3.63, 3.8) is 0 Å². The molecule has 1 aromatic carbocycles. The van der Waals surface area contributed by atoms with Crippen LogP contribution in [0.15, 0.2) is 30.3 Å². The zero-order valence-electron chi connectivity index (χ0n) is 23.5. The van der Waals surface area contributed by atoms with Crippen LogP contribution in [-0.4, -0.2) is 55.8 Å². The Labute approximate surface area is 225 Å². The quantitative estimate of drug-likeness (QED) is 0.289. The topological polar surface area (TPSA) is 139 Å². The highest BCUT2D eigenvalue weighted by Crippen LogP contribution is 2.33. The Kier molecular flexibility index (Phi) is 17.9. The van der Waals surface area contributed by atoms with Gasteiger partial charge >= 0.3 is 6.03 Å². The van der Waals surface area contributed by atoms with Gasteiger partial charge in [-0.2, -0.15) is 0 Å². The van der Waals surface area contributed by atoms with Crippen molar-refractivity contribution in [2.75, 3.05) is 36.2 Å². The normalized spacial score (nSPS) is 9.92. The molecule has 2 N–H and O–H groups in total. The lowest BCUT2D eigenvalue weighted by molar-refractivity contribution is -0.384. The van der Waals surface area contributed by atoms with Gasteiger partial charge in [0.25, 0.3) is 11.6 Å². The van der Waals surface area contributed by atoms with E-state index >= 15 is 0 Å². The van der Waals surface area contributed by atoms with E-state index in [2.05, 4.69) is 10.6 Å². The second-order valence-corrected chi connectivity index (χ2v) is 11.0. The third-order valence-electron chi connectivity index (χ3n) is 4.44. The van der Waals surface area contributed by atoms with Crippen LogP contribution >= 0.6 is 11.3 Å². The molecule has 12 heteroatoms. The summed E-state index contributed by atoms with van der Waals surface area (Å²) in [6.45, 7) is 16.1. The molecule has 0 fully saturated rings. The number of rotatable bonds is 7. The van der Waals surface area contributed by atoms with E-state index < -0.39 is 20.8 Å². The summed E-state index contributed by atoms with van der Waals surface area (Å²) in [6, 6.07) is 6.88. The SMILES string of the molecule is CC.CC.CCN(C)C(=O)c1cc(C(C)C)sc1NC(=O)Nc1cccc([N+](=O)[O-])c1.CCS(C)(=O)=O. The summed E-state index contributed by atoms with van der Waals surface area (Å²) in [6.07, 6.45) is 1.22. The number of urea groups is 1. The molecule has 2 rings (SSSR count). The summed E-state index contributed by atoms with van der Waals surface area (Å²) in [4.78, 5) is 37.8. The molecule has 2 aromatic rings. The minimum Gasteiger partial charge on any atom is -0.342 e. The van der Waals surface area contributed by atoms with Crippen LogP contribution in [0.5, 0.6) is 0 Å². The van der Waals surface area contributed by atoms with Crippen molar-refractivity contribution < 1.29 is 22.9 Å². The summed E-state index contributed by atoms with van der Waals surface area (Å²) >= 11 is 1.34. The number of nitrogens with one attached hydrogen (secondary N) is 2. The zero-order chi connectivity index (χ0) is 29.3. The van der Waals surface area contributed by atoms with Gasteiger partial charge in [-0.15, -0.1) is 11.3 Å². The molecule has 0 bridgehead atoms. The van der Waals surface area contributed by atoms with Gasteiger partial charge in [0.2, 0.25) is 0 Å². The van der Waals surface area contributed by atoms with Gasteiger partial charge in [-0.3, -0.25) is 20.2 Å². The van der Waals surface area contributed by atoms with Crippen LogP contribution in [0.3, 0.4) is 0 Å². The van der Waals surface area contributed by atoms with E-state index in [0.717, 1.165) is 4.88 Å². The smallest absolute Gasteiger partial charge is 0.324 e. The second-order valence-electron chi connectivity index (χ2n) is 7.47. The zero-order valence-corrected chi connectivity index (χ0v) is 25.2. The molecule has 0 saturated heterocycles. The number of hydrogen-bond donors (Lipinski definition) is 2. The number of thiophene rings is 1. The standard InChI is InChI=1S/C18H22N4O4S.C3H8O2S.2C2H6/c1-5-21(4)17(23)14-10-15(11(2)3)27-16(14)20-18(24)19-12-7-6-8-13(9-12)22(25)26;1-3-6(2,4)5;2*1-2/h6-11H,5H2,1-4H3,(H2,19,20,24);3H2,1-2H3;2*1-2H3. The fraction of sp³-hybridized carbons (Fsp3) is 0.520. The molecule has 1 aromatic heterocycles. The van der Waals surface area contributed by atoms with Crippen molar-refractivity contribution in [2.24, 2.45) is 0 Å². The Morgan fingerprint density at radius 2 is 1.62 bits per heavy atom. The largest absolute Gasteiger partial charge is 0.342 e. The molecule has 0 unspecified atom stereocenters. The molecular weight excluding hydrogens is 516 g/mol. The fourth-order valence-corrected chi connectivity index (χ4v) is 3.31. The molecule has 10 nitrogen and oxygen atoms in total. The summed E-state index contributed by atoms with van der Waals surface area (Å²) in [5.74, 6) is 0.280. The average molecular weight is 559 g/mol. The van der Waals surface area contributed by atoms with E-state index in [1.807, 2.05) is 48.5 Å². The molecule has 1 heterocycles. The van der Waals surface area contributed by atoms with Crippen molar-refractivity contribution in [1.82, 2.24) is 4.90 Å². The van der Waals surface area contributed by atoms with Crippen LogP contribution < -0.4 is 10.6 Å². The summed E-state index contributed by atoms with van der Waals surface area (Å²) in [5.41, 5.74) is 0.606. The van der Waals surface area contributed by atoms with Gasteiger partial charge in [-0.1, -0.05) is 54.5 Å². The Morgan fingerprint density at radius 3 is 2.05 bits per heavy atom. The highest BCUT2D eigenvalue weighted by molar-refractivity contribution is 7.90. The van der Waals surface area contributed by atoms with Gasteiger partial charge in [-0.05, 0) is 25.0 Å². The van der Waals surface area contributed by atoms with Crippen LogP contribution in [0.4, 0.5) is 21.2 Å². The van der Waals surface area contributed by atoms with Crippen molar-refractivity contribution in [2.45, 2.75) is 61.3 Å². The van der Waals surface area contributed by atoms with E-state index in [9.17, 15) is 28.1 Å². The Balaban J connectivity index is 0. The molecule has 0 aliphatic heterocycles. The second kappa shape index (κ2) is 18.3. The van der Waals surface area contributed by atoms with E-state index in [1.165, 1.54) is 35.8 Å². The van der Waals surface area contributed by atoms with Crippen LogP contribution in [0.2, 0.25) is 0 Å². The highest BCUT2D eigenvalue weighted by atomic mass is 32.2. The number of carbonyl (C=O) groups excluding carboxylic acids is 2. The van der Waals surface area contributed by atoms with Crippen LogP contribution in [0.1, 0.15) is 76.5 Å². The number of anilines is 2. The van der Waals surface area contributed by atoms with E-state index in [0.29, 0.717) is 22.8 Å². The van der Waals surface area contributed by atoms with E-state index in [4.69, 9.17) is 0 Å². The molecule has 3 amide bonds. The van der Waals surface area contributed by atoms with Crippen molar-refractivity contribution in [3.8, 4) is 0 Å². The summed E-state index contributed by atoms with van der Waals surface area (Å²) < 4.78 is 20.0. The van der Waals surface area contributed by atoms with Crippen LogP contribution in [0.25, 0.3) is 0 Å². The van der Waals surface area contributed by atoms with Gasteiger partial charge in [0.1, 0.15) is 14.8 Å². The Morgan fingerprint density at radius 1 is 1.08 bits per heavy atom. The monoisotopic (exact) mass is 558 g/mol. The Hall–Kier alpha value is -2.99. The number of non-ortho nitro benzene ring substituents is 1. The maximum absolute atomic E-state index is 12.6. The lowest BCUT2D eigenvalue weighted by Crippen LogP contribution is -2.27. The minimum atomic E-state index is -2.66. The third-order valence-corrected chi connectivity index (χ3v) is 6.84. The van der Waals surface area contributed by atoms with Crippen molar-refractivity contribution >= 4 is 49.5 Å². The van der Waals surface area contributed by atoms with Gasteiger partial charge in [0.05, 0.1) is 10.5 Å². The van der Waals surface area contributed by atoms with E-state index in [1.54, 1.807) is 31.0 Å². The first-order valence-corrected chi connectivity index (χ1v) is 15.1. The predicted molar refractivity (Wildman–Crippen MR) is 155 cm³/mol. The average Bonchev–Trinajstić information content (AvgIpc) is 3.29. The number of amides is 3. The summed E-state index contributed by atoms with van der Waals surface area (Å²) in [7, 11) is -0.966. The van der Waals surface area contributed by atoms with E-state index in [-0.39, 0.29) is 23.3 Å². The number of carbonyl (C=O) groups is 2. The number of hydrogen-bond acceptors (Lipinski definition) is 7. The first-order valence-electron chi connectivity index (χ1n) is 12.2. The van der Waals surface area contributed by atoms with Crippen LogP contribution in [-0.2, 0) is 9.84 Å². The molecule has 0 aliphatic rings. The fourth-order valence-electron chi connectivity index (χ4n) is 2.26. The maximum Gasteiger partial charge on any atom is 0.324 e. The number of nitro groups is 1. The third kappa shape index (κ3) is 13.8. The molecular formula is C25H42N4O6S2. The Bertz CT molecular complexity index is 1100.